The Balaban J connectivity index is 1.54. The number of para-hydroxylation sites is 2. The Morgan fingerprint density at radius 3 is 2.00 bits per heavy atom. The average molecular weight is 389 g/mol. The predicted octanol–water partition coefficient (Wildman–Crippen LogP) is 5.24. The van der Waals surface area contributed by atoms with Crippen molar-refractivity contribution in [2.45, 2.75) is 23.1 Å². The molecule has 0 aromatic heterocycles. The van der Waals surface area contributed by atoms with E-state index in [1.54, 1.807) is 28.8 Å². The van der Waals surface area contributed by atoms with Gasteiger partial charge in [0, 0.05) is 9.79 Å². The molecule has 1 aliphatic heterocycles. The first-order chi connectivity index (χ1) is 13.7. The zero-order chi connectivity index (χ0) is 19.5. The van der Waals surface area contributed by atoms with Crippen LogP contribution in [-0.4, -0.2) is 18.5 Å². The van der Waals surface area contributed by atoms with Crippen LogP contribution < -0.4 is 4.90 Å². The van der Waals surface area contributed by atoms with E-state index in [2.05, 4.69) is 6.92 Å². The number of ether oxygens (including phenoxy) is 1. The maximum absolute atomic E-state index is 13.0. The summed E-state index contributed by atoms with van der Waals surface area (Å²) in [6, 6.07) is 22.7. The van der Waals surface area contributed by atoms with Crippen molar-refractivity contribution >= 4 is 35.0 Å². The number of carbonyl (C=O) groups is 2. The molecule has 0 atom stereocenters. The van der Waals surface area contributed by atoms with Crippen molar-refractivity contribution < 1.29 is 14.3 Å². The lowest BCUT2D eigenvalue weighted by Gasteiger charge is -2.30. The van der Waals surface area contributed by atoms with E-state index >= 15 is 0 Å². The summed E-state index contributed by atoms with van der Waals surface area (Å²) in [4.78, 5) is 29.0. The van der Waals surface area contributed by atoms with Gasteiger partial charge in [-0.05, 0) is 48.4 Å². The number of anilines is 2. The number of benzene rings is 3. The van der Waals surface area contributed by atoms with Crippen molar-refractivity contribution in [3.05, 3.63) is 83.9 Å². The summed E-state index contributed by atoms with van der Waals surface area (Å²) < 4.78 is 5.31. The quantitative estimate of drug-likeness (QED) is 0.573. The lowest BCUT2D eigenvalue weighted by atomic mass is 10.1. The summed E-state index contributed by atoms with van der Waals surface area (Å²) in [6.45, 7) is 1.74. The Morgan fingerprint density at radius 1 is 0.857 bits per heavy atom. The molecular weight excluding hydrogens is 370 g/mol. The molecule has 1 heterocycles. The SMILES string of the molecule is CCc1ccc(C(=O)OCC(=O)N2c3ccccc3Sc3ccccc32)cc1. The standard InChI is InChI=1S/C23H19NO3S/c1-2-16-11-13-17(14-12-16)23(26)27-15-22(25)24-18-7-3-5-9-20(18)28-21-10-6-4-8-19(21)24/h3-14H,2,15H2,1H3. The zero-order valence-electron chi connectivity index (χ0n) is 15.4. The van der Waals surface area contributed by atoms with Crippen LogP contribution >= 0.6 is 11.8 Å². The van der Waals surface area contributed by atoms with Crippen molar-refractivity contribution in [1.29, 1.82) is 0 Å². The van der Waals surface area contributed by atoms with Crippen LogP contribution in [0.4, 0.5) is 11.4 Å². The lowest BCUT2D eigenvalue weighted by Crippen LogP contribution is -2.32. The third-order valence-electron chi connectivity index (χ3n) is 4.61. The maximum atomic E-state index is 13.0. The summed E-state index contributed by atoms with van der Waals surface area (Å²) >= 11 is 1.63. The molecule has 3 aromatic rings. The van der Waals surface area contributed by atoms with Gasteiger partial charge in [0.05, 0.1) is 16.9 Å². The Labute approximate surface area is 168 Å². The van der Waals surface area contributed by atoms with Crippen LogP contribution in [-0.2, 0) is 16.0 Å². The van der Waals surface area contributed by atoms with Crippen LogP contribution in [0.2, 0.25) is 0 Å². The minimum absolute atomic E-state index is 0.279. The van der Waals surface area contributed by atoms with Gasteiger partial charge in [-0.3, -0.25) is 9.69 Å². The molecule has 0 saturated heterocycles. The first-order valence-electron chi connectivity index (χ1n) is 9.12. The molecule has 4 nitrogen and oxygen atoms in total. The molecular formula is C23H19NO3S. The maximum Gasteiger partial charge on any atom is 0.338 e. The first kappa shape index (κ1) is 18.3. The van der Waals surface area contributed by atoms with Gasteiger partial charge >= 0.3 is 5.97 Å². The fraction of sp³-hybridized carbons (Fsp3) is 0.130. The molecule has 1 amide bonds. The van der Waals surface area contributed by atoms with Crippen LogP contribution in [0.5, 0.6) is 0 Å². The number of hydrogen-bond donors (Lipinski definition) is 0. The second kappa shape index (κ2) is 7.90. The number of amides is 1. The highest BCUT2D eigenvalue weighted by Crippen LogP contribution is 2.47. The topological polar surface area (TPSA) is 46.6 Å². The minimum atomic E-state index is -0.496. The van der Waals surface area contributed by atoms with Crippen LogP contribution in [0, 0.1) is 0 Å². The molecule has 0 spiro atoms. The summed E-state index contributed by atoms with van der Waals surface area (Å²) in [5.41, 5.74) is 3.20. The van der Waals surface area contributed by atoms with Crippen molar-refractivity contribution in [3.63, 3.8) is 0 Å². The normalized spacial score (nSPS) is 12.1. The summed E-state index contributed by atoms with van der Waals surface area (Å²) in [6.07, 6.45) is 0.902. The summed E-state index contributed by atoms with van der Waals surface area (Å²) in [5, 5.41) is 0. The van der Waals surface area contributed by atoms with Crippen LogP contribution in [0.25, 0.3) is 0 Å². The largest absolute Gasteiger partial charge is 0.452 e. The Morgan fingerprint density at radius 2 is 1.43 bits per heavy atom. The molecule has 3 aromatic carbocycles. The van der Waals surface area contributed by atoms with Gasteiger partial charge in [-0.1, -0.05) is 55.1 Å². The monoisotopic (exact) mass is 389 g/mol. The molecule has 0 saturated carbocycles. The molecule has 0 radical (unpaired) electrons. The smallest absolute Gasteiger partial charge is 0.338 e. The molecule has 0 unspecified atom stereocenters. The van der Waals surface area contributed by atoms with Gasteiger partial charge in [0.15, 0.2) is 6.61 Å². The van der Waals surface area contributed by atoms with E-state index in [1.807, 2.05) is 60.7 Å². The molecule has 4 rings (SSSR count). The highest BCUT2D eigenvalue weighted by Gasteiger charge is 2.28. The van der Waals surface area contributed by atoms with Crippen LogP contribution in [0.15, 0.2) is 82.6 Å². The van der Waals surface area contributed by atoms with Crippen molar-refractivity contribution in [1.82, 2.24) is 0 Å². The number of hydrogen-bond acceptors (Lipinski definition) is 4. The van der Waals surface area contributed by atoms with Gasteiger partial charge in [0.2, 0.25) is 0 Å². The summed E-state index contributed by atoms with van der Waals surface area (Å²) in [5.74, 6) is -0.775. The van der Waals surface area contributed by atoms with E-state index in [0.717, 1.165) is 33.2 Å². The van der Waals surface area contributed by atoms with Gasteiger partial charge in [0.1, 0.15) is 0 Å². The van der Waals surface area contributed by atoms with E-state index in [0.29, 0.717) is 5.56 Å². The van der Waals surface area contributed by atoms with Crippen LogP contribution in [0.3, 0.4) is 0 Å². The Kier molecular flexibility index (Phi) is 5.17. The average Bonchev–Trinajstić information content (AvgIpc) is 2.75. The van der Waals surface area contributed by atoms with Gasteiger partial charge in [0.25, 0.3) is 5.91 Å². The zero-order valence-corrected chi connectivity index (χ0v) is 16.2. The molecule has 5 heteroatoms. The Hall–Kier alpha value is -3.05. The van der Waals surface area contributed by atoms with Gasteiger partial charge in [-0.15, -0.1) is 0 Å². The predicted molar refractivity (Wildman–Crippen MR) is 110 cm³/mol. The summed E-state index contributed by atoms with van der Waals surface area (Å²) in [7, 11) is 0. The highest BCUT2D eigenvalue weighted by molar-refractivity contribution is 7.99. The lowest BCUT2D eigenvalue weighted by molar-refractivity contribution is -0.121. The highest BCUT2D eigenvalue weighted by atomic mass is 32.2. The molecule has 140 valence electrons. The fourth-order valence-electron chi connectivity index (χ4n) is 3.13. The molecule has 0 aliphatic carbocycles. The van der Waals surface area contributed by atoms with Crippen molar-refractivity contribution in [3.8, 4) is 0 Å². The number of esters is 1. The van der Waals surface area contributed by atoms with Gasteiger partial charge in [-0.2, -0.15) is 0 Å². The number of aryl methyl sites for hydroxylation is 1. The molecule has 0 fully saturated rings. The molecule has 28 heavy (non-hydrogen) atoms. The second-order valence-corrected chi connectivity index (χ2v) is 7.48. The number of fused-ring (bicyclic) bond motifs is 2. The number of nitrogens with zero attached hydrogens (tertiary/aromatic N) is 1. The number of rotatable bonds is 4. The fourth-order valence-corrected chi connectivity index (χ4v) is 4.18. The van der Waals surface area contributed by atoms with E-state index in [1.165, 1.54) is 0 Å². The molecule has 1 aliphatic rings. The molecule has 0 N–H and O–H groups in total. The van der Waals surface area contributed by atoms with E-state index in [9.17, 15) is 9.59 Å². The first-order valence-corrected chi connectivity index (χ1v) is 9.94. The van der Waals surface area contributed by atoms with Crippen molar-refractivity contribution in [2.24, 2.45) is 0 Å². The molecule has 0 bridgehead atoms. The number of carbonyl (C=O) groups excluding carboxylic acids is 2. The van der Waals surface area contributed by atoms with E-state index in [-0.39, 0.29) is 12.5 Å². The minimum Gasteiger partial charge on any atom is -0.452 e. The van der Waals surface area contributed by atoms with E-state index in [4.69, 9.17) is 4.74 Å². The van der Waals surface area contributed by atoms with Gasteiger partial charge in [-0.25, -0.2) is 4.79 Å². The van der Waals surface area contributed by atoms with Crippen LogP contribution in [0.1, 0.15) is 22.8 Å². The van der Waals surface area contributed by atoms with Crippen molar-refractivity contribution in [2.75, 3.05) is 11.5 Å². The second-order valence-electron chi connectivity index (χ2n) is 6.39. The Bertz CT molecular complexity index is 985. The van der Waals surface area contributed by atoms with E-state index < -0.39 is 5.97 Å². The third kappa shape index (κ3) is 3.53. The van der Waals surface area contributed by atoms with Gasteiger partial charge < -0.3 is 4.74 Å². The third-order valence-corrected chi connectivity index (χ3v) is 5.74.